The van der Waals surface area contributed by atoms with E-state index in [1.807, 2.05) is 0 Å². The zero-order chi connectivity index (χ0) is 8.39. The third-order valence-electron chi connectivity index (χ3n) is 2.92. The van der Waals surface area contributed by atoms with E-state index in [2.05, 4.69) is 5.32 Å². The third kappa shape index (κ3) is 1.93. The van der Waals surface area contributed by atoms with Crippen molar-refractivity contribution >= 4 is 11.6 Å². The summed E-state index contributed by atoms with van der Waals surface area (Å²) in [6.45, 7) is 1.75. The fraction of sp³-hybridized carbons (Fsp3) is 1.00. The first-order valence-corrected chi connectivity index (χ1v) is 5.26. The van der Waals surface area contributed by atoms with Crippen LogP contribution in [0, 0.1) is 5.92 Å². The lowest BCUT2D eigenvalue weighted by molar-refractivity contribution is 0.0529. The van der Waals surface area contributed by atoms with Crippen LogP contribution < -0.4 is 5.32 Å². The van der Waals surface area contributed by atoms with Crippen molar-refractivity contribution in [2.45, 2.75) is 37.2 Å². The van der Waals surface area contributed by atoms with Crippen molar-refractivity contribution in [3.05, 3.63) is 0 Å². The highest BCUT2D eigenvalue weighted by molar-refractivity contribution is 6.20. The number of halogens is 1. The molecular weight excluding hydrogens is 174 g/mol. The van der Waals surface area contributed by atoms with E-state index < -0.39 is 0 Å². The van der Waals surface area contributed by atoms with E-state index in [1.54, 1.807) is 0 Å². The SMILES string of the molecule is ClC1CCCC(C2CNCO2)C1. The summed E-state index contributed by atoms with van der Waals surface area (Å²) in [4.78, 5) is 0. The van der Waals surface area contributed by atoms with Crippen LogP contribution in [0.3, 0.4) is 0 Å². The fourth-order valence-electron chi connectivity index (χ4n) is 2.23. The minimum atomic E-state index is 0.396. The fourth-order valence-corrected chi connectivity index (χ4v) is 2.62. The summed E-state index contributed by atoms with van der Waals surface area (Å²) >= 11 is 6.11. The minimum Gasteiger partial charge on any atom is -0.361 e. The Kier molecular flexibility index (Phi) is 2.89. The van der Waals surface area contributed by atoms with Gasteiger partial charge >= 0.3 is 0 Å². The van der Waals surface area contributed by atoms with Crippen molar-refractivity contribution in [1.82, 2.24) is 5.32 Å². The lowest BCUT2D eigenvalue weighted by Crippen LogP contribution is -2.29. The Balaban J connectivity index is 1.85. The molecule has 0 radical (unpaired) electrons. The molecule has 0 spiro atoms. The van der Waals surface area contributed by atoms with Gasteiger partial charge in [-0.2, -0.15) is 0 Å². The molecule has 3 atom stereocenters. The maximum absolute atomic E-state index is 6.11. The second-order valence-electron chi connectivity index (χ2n) is 3.83. The number of ether oxygens (including phenoxy) is 1. The lowest BCUT2D eigenvalue weighted by atomic mass is 9.85. The standard InChI is InChI=1S/C9H16ClNO/c10-8-3-1-2-7(4-8)9-5-11-6-12-9/h7-9,11H,1-6H2. The molecule has 2 aliphatic rings. The maximum atomic E-state index is 6.11. The predicted octanol–water partition coefficient (Wildman–Crippen LogP) is 1.73. The summed E-state index contributed by atoms with van der Waals surface area (Å²) in [7, 11) is 0. The van der Waals surface area contributed by atoms with Gasteiger partial charge in [-0.3, -0.25) is 5.32 Å². The highest BCUT2D eigenvalue weighted by Gasteiger charge is 2.29. The minimum absolute atomic E-state index is 0.396. The molecule has 2 fully saturated rings. The number of hydrogen-bond donors (Lipinski definition) is 1. The molecule has 0 aromatic heterocycles. The summed E-state index contributed by atoms with van der Waals surface area (Å²) in [5.74, 6) is 0.705. The Morgan fingerprint density at radius 1 is 1.33 bits per heavy atom. The Morgan fingerprint density at radius 2 is 2.25 bits per heavy atom. The predicted molar refractivity (Wildman–Crippen MR) is 49.3 cm³/mol. The Bertz CT molecular complexity index is 147. The van der Waals surface area contributed by atoms with Gasteiger partial charge in [-0.05, 0) is 25.2 Å². The first-order valence-electron chi connectivity index (χ1n) is 4.82. The van der Waals surface area contributed by atoms with Crippen molar-refractivity contribution in [3.63, 3.8) is 0 Å². The largest absolute Gasteiger partial charge is 0.361 e. The smallest absolute Gasteiger partial charge is 0.0970 e. The molecule has 1 heterocycles. The van der Waals surface area contributed by atoms with Crippen LogP contribution in [0.4, 0.5) is 0 Å². The normalized spacial score (nSPS) is 43.2. The van der Waals surface area contributed by atoms with Crippen molar-refractivity contribution in [3.8, 4) is 0 Å². The number of nitrogens with one attached hydrogen (secondary N) is 1. The van der Waals surface area contributed by atoms with Gasteiger partial charge in [-0.1, -0.05) is 6.42 Å². The lowest BCUT2D eigenvalue weighted by Gasteiger charge is -2.28. The zero-order valence-electron chi connectivity index (χ0n) is 7.26. The molecule has 3 heteroatoms. The number of hydrogen-bond acceptors (Lipinski definition) is 2. The van der Waals surface area contributed by atoms with Gasteiger partial charge in [-0.15, -0.1) is 11.6 Å². The van der Waals surface area contributed by atoms with Crippen LogP contribution in [-0.2, 0) is 4.74 Å². The molecule has 1 aliphatic carbocycles. The molecule has 1 saturated carbocycles. The summed E-state index contributed by atoms with van der Waals surface area (Å²) < 4.78 is 5.57. The van der Waals surface area contributed by atoms with Gasteiger partial charge in [0.25, 0.3) is 0 Å². The Hall–Kier alpha value is 0.210. The van der Waals surface area contributed by atoms with Crippen molar-refractivity contribution < 1.29 is 4.74 Å². The van der Waals surface area contributed by atoms with Gasteiger partial charge < -0.3 is 4.74 Å². The molecule has 3 unspecified atom stereocenters. The summed E-state index contributed by atoms with van der Waals surface area (Å²) in [6, 6.07) is 0. The molecule has 2 rings (SSSR count). The average molecular weight is 190 g/mol. The van der Waals surface area contributed by atoms with Crippen LogP contribution in [0.15, 0.2) is 0 Å². The zero-order valence-corrected chi connectivity index (χ0v) is 8.02. The van der Waals surface area contributed by atoms with E-state index in [9.17, 15) is 0 Å². The van der Waals surface area contributed by atoms with Crippen molar-refractivity contribution in [1.29, 1.82) is 0 Å². The van der Waals surface area contributed by atoms with Crippen LogP contribution >= 0.6 is 11.6 Å². The van der Waals surface area contributed by atoms with Crippen molar-refractivity contribution in [2.24, 2.45) is 5.92 Å². The van der Waals surface area contributed by atoms with Crippen LogP contribution in [0.1, 0.15) is 25.7 Å². The van der Waals surface area contributed by atoms with Gasteiger partial charge in [-0.25, -0.2) is 0 Å². The molecule has 1 N–H and O–H groups in total. The number of alkyl halides is 1. The Morgan fingerprint density at radius 3 is 2.92 bits per heavy atom. The van der Waals surface area contributed by atoms with E-state index in [-0.39, 0.29) is 0 Å². The monoisotopic (exact) mass is 189 g/mol. The number of rotatable bonds is 1. The van der Waals surface area contributed by atoms with E-state index in [1.165, 1.54) is 19.3 Å². The summed E-state index contributed by atoms with van der Waals surface area (Å²) in [6.07, 6.45) is 5.35. The van der Waals surface area contributed by atoms with E-state index >= 15 is 0 Å². The molecule has 70 valence electrons. The molecule has 1 aliphatic heterocycles. The van der Waals surface area contributed by atoms with Crippen molar-refractivity contribution in [2.75, 3.05) is 13.3 Å². The Labute approximate surface area is 78.6 Å². The first kappa shape index (κ1) is 8.79. The molecule has 12 heavy (non-hydrogen) atoms. The highest BCUT2D eigenvalue weighted by atomic mass is 35.5. The van der Waals surface area contributed by atoms with Gasteiger partial charge in [0.2, 0.25) is 0 Å². The molecule has 0 amide bonds. The summed E-state index contributed by atoms with van der Waals surface area (Å²) in [5.41, 5.74) is 0. The molecule has 0 aromatic carbocycles. The second-order valence-corrected chi connectivity index (χ2v) is 4.44. The molecule has 2 nitrogen and oxygen atoms in total. The molecule has 0 aromatic rings. The third-order valence-corrected chi connectivity index (χ3v) is 3.32. The second kappa shape index (κ2) is 3.95. The summed E-state index contributed by atoms with van der Waals surface area (Å²) in [5, 5.41) is 3.62. The quantitative estimate of drug-likeness (QED) is 0.635. The van der Waals surface area contributed by atoms with E-state index in [0.717, 1.165) is 19.7 Å². The van der Waals surface area contributed by atoms with Crippen LogP contribution in [0.25, 0.3) is 0 Å². The molecule has 0 bridgehead atoms. The van der Waals surface area contributed by atoms with Crippen LogP contribution in [0.5, 0.6) is 0 Å². The van der Waals surface area contributed by atoms with Gasteiger partial charge in [0, 0.05) is 11.9 Å². The van der Waals surface area contributed by atoms with Gasteiger partial charge in [0.1, 0.15) is 0 Å². The molecule has 1 saturated heterocycles. The van der Waals surface area contributed by atoms with Crippen LogP contribution in [0.2, 0.25) is 0 Å². The van der Waals surface area contributed by atoms with Gasteiger partial charge in [0.05, 0.1) is 12.8 Å². The topological polar surface area (TPSA) is 21.3 Å². The van der Waals surface area contributed by atoms with E-state index in [4.69, 9.17) is 16.3 Å². The molecular formula is C9H16ClNO. The average Bonchev–Trinajstić information content (AvgIpc) is 2.56. The van der Waals surface area contributed by atoms with E-state index in [0.29, 0.717) is 17.4 Å². The first-order chi connectivity index (χ1) is 5.86. The highest BCUT2D eigenvalue weighted by Crippen LogP contribution is 2.31. The van der Waals surface area contributed by atoms with Gasteiger partial charge in [0.15, 0.2) is 0 Å². The van der Waals surface area contributed by atoms with Crippen LogP contribution in [-0.4, -0.2) is 24.8 Å². The maximum Gasteiger partial charge on any atom is 0.0970 e.